The van der Waals surface area contributed by atoms with Crippen molar-refractivity contribution in [1.82, 2.24) is 10.2 Å². The number of esters is 1. The van der Waals surface area contributed by atoms with Crippen molar-refractivity contribution in [2.24, 2.45) is 0 Å². The van der Waals surface area contributed by atoms with E-state index in [1.54, 1.807) is 20.8 Å². The van der Waals surface area contributed by atoms with Crippen LogP contribution in [0.1, 0.15) is 109 Å². The number of halogens is 31. The van der Waals surface area contributed by atoms with E-state index in [1.807, 2.05) is 0 Å². The lowest BCUT2D eigenvalue weighted by Crippen LogP contribution is -2.43. The molecule has 0 aromatic heterocycles. The van der Waals surface area contributed by atoms with Gasteiger partial charge >= 0.3 is 60.9 Å². The molecule has 6 fully saturated rings. The highest BCUT2D eigenvalue weighted by molar-refractivity contribution is 8.26. The largest absolute Gasteiger partial charge is 0.480 e. The van der Waals surface area contributed by atoms with Crippen LogP contribution in [0.3, 0.4) is 0 Å². The van der Waals surface area contributed by atoms with Gasteiger partial charge in [0.1, 0.15) is 63.4 Å². The standard InChI is InChI=1S/C13H13F5N2O5S.C13H11F5N2O4.C12H9F5N2O4.C12H11F5N2O3.C10H15F2NO4.C7H3F4NO2.C5H7F2NO2.CH3ClO2S.CH4O.3CH4.Cl2OS/c1-26(23,24)25-6-9-5-12(14,15)7-19(9)8-2-3-11(20(21)22)10(4-8)13(16,17)18;1-24-11(21)10-5-12(14,15)6-19(10)7-2-3-9(20(22)23)8(4-7)13(16,17)18;13-11(14)4-9(10(20)21)18(5-11)6-1-2-8(19(22)23)7(3-6)12(15,16)17;13-11(14)4-8(5-20)18(6-11)7-1-2-10(19(21)22)9(3-7)12(15,16)17;1-9(2,3)17-8(16)13-5-10(11,12)4-6(13)7(14)15;8-4-1-2-6(12(13)14)5(3-4)7(9,10)11;6-5(7)1-3(4(9)10)8-2-5;1-5(2,3)4;1-2;;;;1-4(2)3/h2-4,9H,5-7H2,1H3;2-4,10H,5-6H2,1H3;1-3,9H,4-5H2,(H,20,21);1-3,8,20H,4-6H2;6H,4-5H2,1-3H3,(H,14,15);1-3H;3,8H,1-2H2,(H,9,10);1H3;2H,1H3;3*1H4;/t9-;10-;9-;8-;6-;;3-;;;;;;/m00000.0....../s1. The summed E-state index contributed by atoms with van der Waals surface area (Å²) >= 11 is 0. The lowest BCUT2D eigenvalue weighted by Gasteiger charge is -2.26. The molecule has 0 spiro atoms. The third-order valence-electron chi connectivity index (χ3n) is 19.0. The van der Waals surface area contributed by atoms with Gasteiger partial charge in [-0.15, -0.1) is 0 Å². The molecule has 6 saturated heterocycles. The zero-order valence-corrected chi connectivity index (χ0v) is 79.3. The van der Waals surface area contributed by atoms with Crippen molar-refractivity contribution in [3.8, 4) is 0 Å². The summed E-state index contributed by atoms with van der Waals surface area (Å²) in [6, 6.07) is 0.566. The minimum Gasteiger partial charge on any atom is -0.480 e. The van der Waals surface area contributed by atoms with Crippen molar-refractivity contribution in [2.75, 3.05) is 98.8 Å². The van der Waals surface area contributed by atoms with Gasteiger partial charge in [0.05, 0.1) is 109 Å². The number of carbonyl (C=O) groups excluding carboxylic acids is 2. The number of ether oxygens (including phenoxy) is 2. The fourth-order valence-electron chi connectivity index (χ4n) is 13.3. The molecule has 1 amide bonds. The van der Waals surface area contributed by atoms with E-state index < -0.39 is 350 Å². The van der Waals surface area contributed by atoms with Crippen LogP contribution in [-0.4, -0.2) is 263 Å². The number of hydrogen-bond acceptors (Lipinski definition) is 30. The van der Waals surface area contributed by atoms with Crippen molar-refractivity contribution in [1.29, 1.82) is 0 Å². The molecule has 0 unspecified atom stereocenters. The Kier molecular flexibility index (Phi) is 51.0. The van der Waals surface area contributed by atoms with Gasteiger partial charge in [-0.2, -0.15) is 74.3 Å². The number of benzene rings is 5. The number of aliphatic carboxylic acids is 3. The number of rotatable bonds is 17. The number of aliphatic hydroxyl groups excluding tert-OH is 2. The molecule has 0 aliphatic carbocycles. The number of carboxylic acid groups (broad SMARTS) is 3. The number of alkyl halides is 27. The van der Waals surface area contributed by atoms with Gasteiger partial charge in [-0.3, -0.25) is 69.8 Å². The predicted octanol–water partition coefficient (Wildman–Crippen LogP) is 18.8. The first-order valence-corrected chi connectivity index (χ1v) is 46.4. The molecular weight excluding hydrogens is 2260 g/mol. The van der Waals surface area contributed by atoms with E-state index in [0.717, 1.165) is 59.4 Å². The van der Waals surface area contributed by atoms with Gasteiger partial charge < -0.3 is 54.6 Å². The van der Waals surface area contributed by atoms with Crippen molar-refractivity contribution in [3.63, 3.8) is 0 Å². The van der Waals surface area contributed by atoms with Gasteiger partial charge in [0, 0.05) is 131 Å². The summed E-state index contributed by atoms with van der Waals surface area (Å²) in [5, 5.41) is 97.2. The maximum absolute atomic E-state index is 13.7. The smallest absolute Gasteiger partial charge is 0.423 e. The molecule has 6 aliphatic heterocycles. The van der Waals surface area contributed by atoms with Crippen molar-refractivity contribution in [3.05, 3.63) is 175 Å². The third-order valence-corrected chi connectivity index (χ3v) is 19.6. The van der Waals surface area contributed by atoms with Gasteiger partial charge in [-0.05, 0) is 81.4 Å². The topological polar surface area (TPSA) is 543 Å². The second-order valence-corrected chi connectivity index (χ2v) is 38.8. The van der Waals surface area contributed by atoms with E-state index in [4.69, 9.17) is 34.5 Å². The normalized spacial score (nSPS) is 19.4. The Morgan fingerprint density at radius 3 is 0.980 bits per heavy atom. The van der Waals surface area contributed by atoms with Crippen LogP contribution in [0.25, 0.3) is 0 Å². The van der Waals surface area contributed by atoms with Crippen LogP contribution >= 0.6 is 32.0 Å². The van der Waals surface area contributed by atoms with Crippen LogP contribution in [0, 0.1) is 56.4 Å². The molecule has 6 atom stereocenters. The fourth-order valence-corrected chi connectivity index (χ4v) is 13.8. The summed E-state index contributed by atoms with van der Waals surface area (Å²) in [5.41, 5.74) is -16.1. The van der Waals surface area contributed by atoms with Gasteiger partial charge in [0.15, 0.2) is 0 Å². The highest BCUT2D eigenvalue weighted by Gasteiger charge is 2.56. The molecule has 6 aliphatic rings. The summed E-state index contributed by atoms with van der Waals surface area (Å²) in [5.74, 6) is -25.6. The van der Waals surface area contributed by atoms with Gasteiger partial charge in [0.25, 0.3) is 74.1 Å². The number of carboxylic acids is 3. The monoisotopic (exact) mass is 2350 g/mol. The number of nitro groups is 5. The molecule has 0 radical (unpaired) electrons. The maximum atomic E-state index is 13.7. The first-order chi connectivity index (χ1) is 66.2. The quantitative estimate of drug-likeness (QED) is 0.0126. The molecule has 6 N–H and O–H groups in total. The maximum Gasteiger partial charge on any atom is 0.423 e. The van der Waals surface area contributed by atoms with Crippen molar-refractivity contribution in [2.45, 2.75) is 190 Å². The number of nitrogens with zero attached hydrogens (tertiary/aromatic N) is 10. The SMILES string of the molecule is C.C.C.CC(C)(C)OC(=O)N1CC(F)(F)C[C@H]1C(=O)O.CO.COC(=O)[C@@H]1CC(F)(F)CN1c1ccc([N+](=O)[O-])c(C(F)(F)F)c1.CS(=O)(=O)Cl.CS(=O)(=O)OC[C@@H]1CC(F)(F)CN1c1ccc([N+](=O)[O-])c(C(F)(F)F)c1.O=C(O)[C@@H]1CC(F)(F)CN1.O=C(O)[C@@H]1CC(F)(F)CN1c1ccc([N+](=O)[O-])c(C(F)(F)F)c1.O=S(Cl)Cl.O=[N+]([O-])c1ccc(F)cc1C(F)(F)F.O=[N+]([O-])c1ccc(N2CC(F)(F)C[C@H]2CO)cc1C(F)(F)F. The highest BCUT2D eigenvalue weighted by atomic mass is 36.0. The number of hydrogen-bond donors (Lipinski definition) is 6. The van der Waals surface area contributed by atoms with E-state index >= 15 is 0 Å². The molecule has 0 saturated carbocycles. The molecular formula is C77H88Cl3F28N11O28S3. The van der Waals surface area contributed by atoms with Crippen LogP contribution in [0.5, 0.6) is 0 Å². The van der Waals surface area contributed by atoms with Crippen LogP contribution in [0.15, 0.2) is 91.0 Å². The minimum atomic E-state index is -5.08. The Morgan fingerprint density at radius 1 is 0.447 bits per heavy atom. The average Bonchev–Trinajstić information content (AvgIpc) is 1.62. The molecule has 0 bridgehead atoms. The number of aliphatic hydroxyl groups is 2. The fraction of sp³-hybridized carbons (Fsp3) is 0.545. The first-order valence-electron chi connectivity index (χ1n) is 39.0. The Bertz CT molecular complexity index is 5780. The van der Waals surface area contributed by atoms with E-state index in [0.29, 0.717) is 76.7 Å². The zero-order chi connectivity index (χ0) is 115. The summed E-state index contributed by atoms with van der Waals surface area (Å²) in [4.78, 5) is 106. The second-order valence-electron chi connectivity index (χ2n) is 31.6. The lowest BCUT2D eigenvalue weighted by atomic mass is 10.1. The van der Waals surface area contributed by atoms with Crippen LogP contribution < -0.4 is 24.9 Å². The van der Waals surface area contributed by atoms with Crippen molar-refractivity contribution < 1.29 is 232 Å². The zero-order valence-electron chi connectivity index (χ0n) is 74.6. The summed E-state index contributed by atoms with van der Waals surface area (Å²) in [7, 11) is 6.69. The molecule has 11 rings (SSSR count). The summed E-state index contributed by atoms with van der Waals surface area (Å²) in [6.45, 7) is -1.96. The number of carbonyl (C=O) groups is 5. The van der Waals surface area contributed by atoms with Crippen LogP contribution in [0.2, 0.25) is 0 Å². The number of methoxy groups -OCH3 is 1. The molecule has 73 heteroatoms. The van der Waals surface area contributed by atoms with E-state index in [1.165, 1.54) is 0 Å². The number of nitro benzene ring substituents is 5. The number of nitrogens with one attached hydrogen (secondary N) is 1. The predicted molar refractivity (Wildman–Crippen MR) is 473 cm³/mol. The van der Waals surface area contributed by atoms with Gasteiger partial charge in [-0.25, -0.2) is 88.9 Å². The van der Waals surface area contributed by atoms with Crippen molar-refractivity contribution >= 4 is 142 Å². The molecule has 150 heavy (non-hydrogen) atoms. The Balaban J connectivity index is 0. The first kappa shape index (κ1) is 140. The minimum absolute atomic E-state index is 0. The third kappa shape index (κ3) is 45.0. The van der Waals surface area contributed by atoms with Crippen LogP contribution in [0.4, 0.5) is 179 Å². The molecule has 6 heterocycles. The molecule has 5 aromatic rings. The molecule has 854 valence electrons. The van der Waals surface area contributed by atoms with E-state index in [-0.39, 0.29) is 45.4 Å². The molecule has 39 nitrogen and oxygen atoms in total. The second kappa shape index (κ2) is 54.5. The average molecular weight is 2350 g/mol. The van der Waals surface area contributed by atoms with Crippen LogP contribution in [-0.2, 0) is 92.1 Å². The Morgan fingerprint density at radius 2 is 0.713 bits per heavy atom. The number of amides is 1. The molecule has 5 aromatic carbocycles. The van der Waals surface area contributed by atoms with E-state index in [9.17, 15) is 214 Å². The van der Waals surface area contributed by atoms with Gasteiger partial charge in [0.2, 0.25) is 18.3 Å². The van der Waals surface area contributed by atoms with E-state index in [2.05, 4.69) is 46.3 Å². The number of likely N-dealkylation sites (tertiary alicyclic amines) is 1. The number of anilines is 4. The summed E-state index contributed by atoms with van der Waals surface area (Å²) in [6.07, 6.45) is -29.5. The Labute approximate surface area is 843 Å². The lowest BCUT2D eigenvalue weighted by molar-refractivity contribution is -0.388. The highest BCUT2D eigenvalue weighted by Crippen LogP contribution is 2.49. The van der Waals surface area contributed by atoms with Gasteiger partial charge in [-0.1, -0.05) is 22.3 Å². The Hall–Kier alpha value is -11.8. The summed E-state index contributed by atoms with van der Waals surface area (Å²) < 4.78 is 427.